The minimum absolute atomic E-state index is 0.00662. The molecular weight excluding hydrogens is 238 g/mol. The van der Waals surface area contributed by atoms with Gasteiger partial charge in [0.2, 0.25) is 5.91 Å². The number of hydrogen-bond acceptors (Lipinski definition) is 4. The number of rotatable bonds is 1. The second-order valence-electron chi connectivity index (χ2n) is 4.07. The zero-order valence-corrected chi connectivity index (χ0v) is 10.1. The van der Waals surface area contributed by atoms with E-state index in [1.165, 1.54) is 18.9 Å². The van der Waals surface area contributed by atoms with E-state index in [9.17, 15) is 9.59 Å². The number of para-hydroxylation sites is 1. The third kappa shape index (κ3) is 1.26. The van der Waals surface area contributed by atoms with Crippen molar-refractivity contribution >= 4 is 29.3 Å². The number of carbonyl (C=O) groups is 2. The summed E-state index contributed by atoms with van der Waals surface area (Å²) in [4.78, 5) is 25.6. The number of ether oxygens (including phenoxy) is 1. The molecule has 88 valence electrons. The molecule has 1 aromatic rings. The minimum Gasteiger partial charge on any atom is -0.467 e. The number of amides is 1. The Bertz CT molecular complexity index is 516. The molecular formula is C12H11NO3S. The zero-order chi connectivity index (χ0) is 12.0. The summed E-state index contributed by atoms with van der Waals surface area (Å²) in [6, 6.07) is 7.58. The monoisotopic (exact) mass is 249 g/mol. The Morgan fingerprint density at radius 3 is 3.00 bits per heavy atom. The highest BCUT2D eigenvalue weighted by molar-refractivity contribution is 8.02. The van der Waals surface area contributed by atoms with Crippen LogP contribution in [0.1, 0.15) is 12.8 Å². The Hall–Kier alpha value is -1.49. The largest absolute Gasteiger partial charge is 0.467 e. The van der Waals surface area contributed by atoms with Crippen molar-refractivity contribution in [3.05, 3.63) is 24.3 Å². The molecule has 0 aliphatic carbocycles. The predicted octanol–water partition coefficient (Wildman–Crippen LogP) is 1.79. The fourth-order valence-electron chi connectivity index (χ4n) is 2.43. The Kier molecular flexibility index (Phi) is 2.19. The average Bonchev–Trinajstić information content (AvgIpc) is 2.85. The molecule has 4 nitrogen and oxygen atoms in total. The molecule has 0 aromatic heterocycles. The number of anilines is 1. The van der Waals surface area contributed by atoms with Gasteiger partial charge in [-0.25, -0.2) is 4.79 Å². The molecule has 1 unspecified atom stereocenters. The molecule has 3 rings (SSSR count). The van der Waals surface area contributed by atoms with E-state index in [2.05, 4.69) is 0 Å². The quantitative estimate of drug-likeness (QED) is 0.712. The number of benzene rings is 1. The first-order chi connectivity index (χ1) is 8.19. The van der Waals surface area contributed by atoms with Gasteiger partial charge in [0.25, 0.3) is 0 Å². The van der Waals surface area contributed by atoms with E-state index in [4.69, 9.17) is 4.74 Å². The highest BCUT2D eigenvalue weighted by Gasteiger charge is 2.58. The van der Waals surface area contributed by atoms with Crippen LogP contribution in [0, 0.1) is 0 Å². The molecule has 1 amide bonds. The van der Waals surface area contributed by atoms with Crippen molar-refractivity contribution in [1.29, 1.82) is 0 Å². The smallest absolute Gasteiger partial charge is 0.343 e. The summed E-state index contributed by atoms with van der Waals surface area (Å²) in [7, 11) is 1.36. The maximum atomic E-state index is 12.0. The van der Waals surface area contributed by atoms with E-state index < -0.39 is 4.87 Å². The van der Waals surface area contributed by atoms with Gasteiger partial charge < -0.3 is 4.74 Å². The van der Waals surface area contributed by atoms with E-state index in [0.29, 0.717) is 12.8 Å². The lowest BCUT2D eigenvalue weighted by Gasteiger charge is -2.27. The number of carbonyl (C=O) groups excluding carboxylic acids is 2. The lowest BCUT2D eigenvalue weighted by Crippen LogP contribution is -2.47. The number of fused-ring (bicyclic) bond motifs is 3. The maximum absolute atomic E-state index is 12.0. The Balaban J connectivity index is 2.15. The molecule has 2 heterocycles. The van der Waals surface area contributed by atoms with Crippen molar-refractivity contribution in [3.63, 3.8) is 0 Å². The number of esters is 1. The molecule has 2 aliphatic heterocycles. The summed E-state index contributed by atoms with van der Waals surface area (Å²) >= 11 is 1.42. The number of thioether (sulfide) groups is 1. The molecule has 0 bridgehead atoms. The van der Waals surface area contributed by atoms with Crippen LogP contribution < -0.4 is 4.90 Å². The third-order valence-corrected chi connectivity index (χ3v) is 4.63. The summed E-state index contributed by atoms with van der Waals surface area (Å²) in [5, 5.41) is 0. The van der Waals surface area contributed by atoms with Crippen molar-refractivity contribution < 1.29 is 14.3 Å². The van der Waals surface area contributed by atoms with Gasteiger partial charge in [-0.2, -0.15) is 0 Å². The van der Waals surface area contributed by atoms with E-state index >= 15 is 0 Å². The molecule has 1 saturated heterocycles. The molecule has 5 heteroatoms. The van der Waals surface area contributed by atoms with Crippen molar-refractivity contribution in [1.82, 2.24) is 0 Å². The van der Waals surface area contributed by atoms with Crippen molar-refractivity contribution in [2.24, 2.45) is 0 Å². The number of hydrogen-bond donors (Lipinski definition) is 0. The van der Waals surface area contributed by atoms with Gasteiger partial charge in [-0.1, -0.05) is 23.9 Å². The Morgan fingerprint density at radius 2 is 2.24 bits per heavy atom. The van der Waals surface area contributed by atoms with Gasteiger partial charge in [0.05, 0.1) is 12.8 Å². The lowest BCUT2D eigenvalue weighted by atomic mass is 10.2. The second kappa shape index (κ2) is 3.50. The summed E-state index contributed by atoms with van der Waals surface area (Å²) < 4.78 is 4.86. The van der Waals surface area contributed by atoms with Crippen LogP contribution >= 0.6 is 11.8 Å². The van der Waals surface area contributed by atoms with Gasteiger partial charge in [0.15, 0.2) is 4.87 Å². The van der Waals surface area contributed by atoms with Gasteiger partial charge in [0, 0.05) is 17.7 Å². The van der Waals surface area contributed by atoms with Crippen LogP contribution in [0.4, 0.5) is 5.69 Å². The minimum atomic E-state index is -0.866. The molecule has 1 aromatic carbocycles. The van der Waals surface area contributed by atoms with E-state index in [0.717, 1.165) is 10.6 Å². The van der Waals surface area contributed by atoms with Crippen LogP contribution in [0.3, 0.4) is 0 Å². The molecule has 0 N–H and O–H groups in total. The maximum Gasteiger partial charge on any atom is 0.343 e. The predicted molar refractivity (Wildman–Crippen MR) is 63.8 cm³/mol. The summed E-state index contributed by atoms with van der Waals surface area (Å²) in [6.45, 7) is 0. The van der Waals surface area contributed by atoms with Crippen LogP contribution in [-0.4, -0.2) is 23.9 Å². The zero-order valence-electron chi connectivity index (χ0n) is 9.30. The molecule has 0 radical (unpaired) electrons. The van der Waals surface area contributed by atoms with E-state index in [1.807, 2.05) is 24.3 Å². The standard InChI is InChI=1S/C12H11NO3S/c1-16-11(15)12-7-6-10(14)13(12)8-4-2-3-5-9(8)17-12/h2-5H,6-7H2,1H3. The topological polar surface area (TPSA) is 46.6 Å². The van der Waals surface area contributed by atoms with Crippen LogP contribution in [0.2, 0.25) is 0 Å². The fourth-order valence-corrected chi connectivity index (χ4v) is 3.87. The number of methoxy groups -OCH3 is 1. The number of nitrogens with zero attached hydrogens (tertiary/aromatic N) is 1. The summed E-state index contributed by atoms with van der Waals surface area (Å²) in [6.07, 6.45) is 0.911. The van der Waals surface area contributed by atoms with Crippen LogP contribution in [0.15, 0.2) is 29.2 Å². The molecule has 1 fully saturated rings. The molecule has 17 heavy (non-hydrogen) atoms. The Morgan fingerprint density at radius 1 is 1.47 bits per heavy atom. The third-order valence-electron chi connectivity index (χ3n) is 3.18. The molecule has 0 spiro atoms. The average molecular weight is 249 g/mol. The van der Waals surface area contributed by atoms with Gasteiger partial charge in [-0.3, -0.25) is 9.69 Å². The summed E-state index contributed by atoms with van der Waals surface area (Å²) in [5.41, 5.74) is 0.824. The summed E-state index contributed by atoms with van der Waals surface area (Å²) in [5.74, 6) is -0.350. The van der Waals surface area contributed by atoms with Crippen LogP contribution in [0.5, 0.6) is 0 Å². The SMILES string of the molecule is COC(=O)C12CCC(=O)N1c1ccccc1S2. The van der Waals surface area contributed by atoms with Crippen LogP contribution in [0.25, 0.3) is 0 Å². The highest BCUT2D eigenvalue weighted by atomic mass is 32.2. The van der Waals surface area contributed by atoms with Gasteiger partial charge in [-0.15, -0.1) is 0 Å². The Labute approximate surface area is 103 Å². The second-order valence-corrected chi connectivity index (χ2v) is 5.39. The first-order valence-corrected chi connectivity index (χ1v) is 6.20. The van der Waals surface area contributed by atoms with E-state index in [-0.39, 0.29) is 11.9 Å². The normalized spacial score (nSPS) is 25.7. The van der Waals surface area contributed by atoms with Crippen molar-refractivity contribution in [3.8, 4) is 0 Å². The molecule has 2 aliphatic rings. The van der Waals surface area contributed by atoms with Crippen LogP contribution in [-0.2, 0) is 14.3 Å². The first kappa shape index (κ1) is 10.7. The fraction of sp³-hybridized carbons (Fsp3) is 0.333. The van der Waals surface area contributed by atoms with Gasteiger partial charge in [-0.05, 0) is 12.1 Å². The van der Waals surface area contributed by atoms with Crippen molar-refractivity contribution in [2.75, 3.05) is 12.0 Å². The molecule has 0 saturated carbocycles. The van der Waals surface area contributed by atoms with Crippen molar-refractivity contribution in [2.45, 2.75) is 22.6 Å². The lowest BCUT2D eigenvalue weighted by molar-refractivity contribution is -0.143. The van der Waals surface area contributed by atoms with Gasteiger partial charge in [0.1, 0.15) is 0 Å². The van der Waals surface area contributed by atoms with Gasteiger partial charge >= 0.3 is 5.97 Å². The first-order valence-electron chi connectivity index (χ1n) is 5.38. The van der Waals surface area contributed by atoms with E-state index in [1.54, 1.807) is 4.90 Å². The highest BCUT2D eigenvalue weighted by Crippen LogP contribution is 2.55. The molecule has 1 atom stereocenters.